The van der Waals surface area contributed by atoms with E-state index in [0.717, 1.165) is 66.4 Å². The van der Waals surface area contributed by atoms with Gasteiger partial charge in [-0.15, -0.1) is 0 Å². The molecule has 0 N–H and O–H groups in total. The van der Waals surface area contributed by atoms with Gasteiger partial charge in [0.15, 0.2) is 5.43 Å². The van der Waals surface area contributed by atoms with Gasteiger partial charge in [0, 0.05) is 22.3 Å². The lowest BCUT2D eigenvalue weighted by atomic mass is 9.78. The lowest BCUT2D eigenvalue weighted by molar-refractivity contribution is 0.568. The molecule has 66 heavy (non-hydrogen) atoms. The zero-order valence-electron chi connectivity index (χ0n) is 41.0. The summed E-state index contributed by atoms with van der Waals surface area (Å²) in [6.07, 6.45) is 4.03. The summed E-state index contributed by atoms with van der Waals surface area (Å²) in [5, 5.41) is 9.57. The molecule has 10 rings (SSSR count). The molecule has 0 fully saturated rings. The summed E-state index contributed by atoms with van der Waals surface area (Å²) in [5.74, 6) is 0. The first kappa shape index (κ1) is 43.3. The summed E-state index contributed by atoms with van der Waals surface area (Å²) in [6, 6.07) is 44.8. The first-order valence-electron chi connectivity index (χ1n) is 23.7. The van der Waals surface area contributed by atoms with E-state index >= 15 is 4.79 Å². The van der Waals surface area contributed by atoms with E-state index in [1.807, 2.05) is 12.2 Å². The highest BCUT2D eigenvalue weighted by Crippen LogP contribution is 2.58. The van der Waals surface area contributed by atoms with Gasteiger partial charge in [0.2, 0.25) is 0 Å². The van der Waals surface area contributed by atoms with Gasteiger partial charge in [-0.1, -0.05) is 230 Å². The van der Waals surface area contributed by atoms with Gasteiger partial charge in [0.1, 0.15) is 0 Å². The van der Waals surface area contributed by atoms with Gasteiger partial charge in [-0.05, 0) is 132 Å². The molecule has 8 aromatic carbocycles. The van der Waals surface area contributed by atoms with Crippen LogP contribution in [0.5, 0.6) is 0 Å². The Labute approximate surface area is 391 Å². The number of rotatable bonds is 6. The van der Waals surface area contributed by atoms with Crippen molar-refractivity contribution < 1.29 is 0 Å². The van der Waals surface area contributed by atoms with Crippen LogP contribution in [0.1, 0.15) is 116 Å². The Bertz CT molecular complexity index is 3280. The summed E-state index contributed by atoms with van der Waals surface area (Å²) >= 11 is 0. The minimum atomic E-state index is -0.126. The lowest BCUT2D eigenvalue weighted by Crippen LogP contribution is -2.17. The van der Waals surface area contributed by atoms with Crippen LogP contribution in [0.3, 0.4) is 0 Å². The molecule has 1 heteroatoms. The number of benzene rings is 7. The van der Waals surface area contributed by atoms with Crippen LogP contribution < -0.4 is 5.43 Å². The molecule has 2 aliphatic rings. The maximum Gasteiger partial charge on any atom is 0.195 e. The molecule has 0 unspecified atom stereocenters. The minimum absolute atomic E-state index is 0.103. The normalized spacial score (nSPS) is 13.0. The predicted molar refractivity (Wildman–Crippen MR) is 290 cm³/mol. The van der Waals surface area contributed by atoms with Crippen LogP contribution in [0.25, 0.3) is 111 Å². The standard InChI is InChI=1S/C65H62O/c1-15-45-46(16-2)52(38-25-21-18-22-26-38)58-48-28-30-50-56-49(29-27-47(55(48)56)57(58)51(45)37-23-19-17-20-24-37)59-53(39-31-41(62(3,4)5)35-42(32-39)63(6,7)8)61(66)54(60(50)59)40-33-43(64(9,10)11)36-44(34-40)65(12,13)14/h15-36H,1-2H2,3-14H3. The predicted octanol–water partition coefficient (Wildman–Crippen LogP) is 18.2. The zero-order valence-corrected chi connectivity index (χ0v) is 41.0. The highest BCUT2D eigenvalue weighted by Gasteiger charge is 2.35. The van der Waals surface area contributed by atoms with Crippen molar-refractivity contribution >= 4 is 55.2 Å². The van der Waals surface area contributed by atoms with Crippen molar-refractivity contribution in [3.63, 3.8) is 0 Å². The Hall–Kier alpha value is -6.57. The number of hydrogen-bond acceptors (Lipinski definition) is 1. The van der Waals surface area contributed by atoms with Crippen LogP contribution in [0.2, 0.25) is 0 Å². The first-order valence-corrected chi connectivity index (χ1v) is 23.7. The second kappa shape index (κ2) is 14.7. The Balaban J connectivity index is 1.45. The maximum atomic E-state index is 16.0. The van der Waals surface area contributed by atoms with Crippen molar-refractivity contribution in [1.29, 1.82) is 0 Å². The molecular formula is C65H62O. The monoisotopic (exact) mass is 858 g/mol. The summed E-state index contributed by atoms with van der Waals surface area (Å²) in [5.41, 5.74) is 17.0. The van der Waals surface area contributed by atoms with Gasteiger partial charge < -0.3 is 0 Å². The second-order valence-corrected chi connectivity index (χ2v) is 23.0. The highest BCUT2D eigenvalue weighted by molar-refractivity contribution is 6.44. The van der Waals surface area contributed by atoms with Crippen LogP contribution in [-0.2, 0) is 21.7 Å². The quantitative estimate of drug-likeness (QED) is 0.163. The van der Waals surface area contributed by atoms with E-state index in [-0.39, 0.29) is 27.1 Å². The molecule has 8 aromatic rings. The van der Waals surface area contributed by atoms with Gasteiger partial charge in [-0.2, -0.15) is 0 Å². The van der Waals surface area contributed by atoms with Crippen molar-refractivity contribution in [2.45, 2.75) is 105 Å². The molecule has 1 nitrogen and oxygen atoms in total. The fourth-order valence-electron chi connectivity index (χ4n) is 10.9. The maximum absolute atomic E-state index is 16.0. The van der Waals surface area contributed by atoms with E-state index in [1.165, 1.54) is 65.7 Å². The van der Waals surface area contributed by atoms with Crippen molar-refractivity contribution in [1.82, 2.24) is 0 Å². The van der Waals surface area contributed by atoms with E-state index < -0.39 is 0 Å². The zero-order chi connectivity index (χ0) is 47.0. The minimum Gasteiger partial charge on any atom is -0.289 e. The summed E-state index contributed by atoms with van der Waals surface area (Å²) in [4.78, 5) is 16.0. The molecule has 328 valence electrons. The Morgan fingerprint density at radius 3 is 0.939 bits per heavy atom. The number of hydrogen-bond donors (Lipinski definition) is 0. The summed E-state index contributed by atoms with van der Waals surface area (Å²) in [7, 11) is 0. The van der Waals surface area contributed by atoms with E-state index in [2.05, 4.69) is 218 Å². The molecule has 0 aliphatic heterocycles. The summed E-state index contributed by atoms with van der Waals surface area (Å²) in [6.45, 7) is 36.2. The molecule has 0 bridgehead atoms. The Morgan fingerprint density at radius 1 is 0.333 bits per heavy atom. The Morgan fingerprint density at radius 2 is 0.636 bits per heavy atom. The van der Waals surface area contributed by atoms with Crippen LogP contribution in [0.4, 0.5) is 0 Å². The van der Waals surface area contributed by atoms with E-state index in [1.54, 1.807) is 0 Å². The molecule has 2 aliphatic carbocycles. The van der Waals surface area contributed by atoms with Gasteiger partial charge in [-0.25, -0.2) is 0 Å². The molecular weight excluding hydrogens is 797 g/mol. The molecule has 0 amide bonds. The molecule has 0 saturated heterocycles. The van der Waals surface area contributed by atoms with E-state index in [0.29, 0.717) is 0 Å². The van der Waals surface area contributed by atoms with Crippen molar-refractivity contribution in [3.8, 4) is 55.6 Å². The lowest BCUT2D eigenvalue weighted by Gasteiger charge is -2.26. The fourth-order valence-corrected chi connectivity index (χ4v) is 10.9. The van der Waals surface area contributed by atoms with E-state index in [9.17, 15) is 0 Å². The third-order valence-corrected chi connectivity index (χ3v) is 14.5. The van der Waals surface area contributed by atoms with Crippen molar-refractivity contribution in [3.05, 3.63) is 178 Å². The van der Waals surface area contributed by atoms with Gasteiger partial charge in [0.05, 0.1) is 0 Å². The van der Waals surface area contributed by atoms with Crippen LogP contribution >= 0.6 is 0 Å². The first-order chi connectivity index (χ1) is 31.1. The van der Waals surface area contributed by atoms with Crippen molar-refractivity contribution in [2.24, 2.45) is 0 Å². The average Bonchev–Trinajstić information content (AvgIpc) is 3.88. The third kappa shape index (κ3) is 6.52. The SMILES string of the molecule is C=Cc1c(C=C)c(-c2ccccc2)c2c3ccc4c5c(-c6cc(C(C)(C)C)cc(C(C)(C)C)c6)c(=O)c(-c6cc(C(C)(C)C)cc(C(C)(C)C)c6)c-5c5ccc(c2c1-c1ccccc1)c3c54. The molecule has 0 atom stereocenters. The second-order valence-electron chi connectivity index (χ2n) is 23.0. The molecule has 0 radical (unpaired) electrons. The Kier molecular flexibility index (Phi) is 9.66. The largest absolute Gasteiger partial charge is 0.289 e. The van der Waals surface area contributed by atoms with Gasteiger partial charge in [-0.3, -0.25) is 4.79 Å². The highest BCUT2D eigenvalue weighted by atomic mass is 16.1. The number of fused-ring (bicyclic) bond motifs is 6. The molecule has 0 aromatic heterocycles. The van der Waals surface area contributed by atoms with Crippen LogP contribution in [-0.4, -0.2) is 0 Å². The van der Waals surface area contributed by atoms with Crippen LogP contribution in [0, 0.1) is 0 Å². The van der Waals surface area contributed by atoms with Crippen molar-refractivity contribution in [2.75, 3.05) is 0 Å². The van der Waals surface area contributed by atoms with Gasteiger partial charge >= 0.3 is 0 Å². The smallest absolute Gasteiger partial charge is 0.195 e. The van der Waals surface area contributed by atoms with Gasteiger partial charge in [0.25, 0.3) is 0 Å². The summed E-state index contributed by atoms with van der Waals surface area (Å²) < 4.78 is 0. The molecule has 0 heterocycles. The fraction of sp³-hybridized carbons (Fsp3) is 0.246. The average molecular weight is 859 g/mol. The molecule has 0 spiro atoms. The molecule has 0 saturated carbocycles. The topological polar surface area (TPSA) is 17.1 Å². The third-order valence-electron chi connectivity index (χ3n) is 14.5. The van der Waals surface area contributed by atoms with Crippen LogP contribution in [0.15, 0.2) is 139 Å². The van der Waals surface area contributed by atoms with E-state index in [4.69, 9.17) is 0 Å².